The normalized spacial score (nSPS) is 16.1. The van der Waals surface area contributed by atoms with Gasteiger partial charge in [-0.3, -0.25) is 4.57 Å². The molecule has 0 saturated heterocycles. The van der Waals surface area contributed by atoms with Gasteiger partial charge in [0.15, 0.2) is 0 Å². The number of quaternary nitrogens is 1. The van der Waals surface area contributed by atoms with Crippen molar-refractivity contribution in [3.63, 3.8) is 0 Å². The Labute approximate surface area is 220 Å². The first kappa shape index (κ1) is 35.9. The highest BCUT2D eigenvalue weighted by Crippen LogP contribution is 2.50. The van der Waals surface area contributed by atoms with Gasteiger partial charge in [-0.25, -0.2) is 0 Å². The Balaban J connectivity index is 3.90. The molecule has 0 spiro atoms. The van der Waals surface area contributed by atoms with Gasteiger partial charge in [-0.15, -0.1) is 0 Å². The van der Waals surface area contributed by atoms with Crippen LogP contribution in [0, 0.1) is 0 Å². The van der Waals surface area contributed by atoms with Gasteiger partial charge in [0.2, 0.25) is 0 Å². The topological polar surface area (TPSA) is 126 Å². The predicted octanol–water partition coefficient (Wildman–Crippen LogP) is 4.75. The van der Waals surface area contributed by atoms with Crippen LogP contribution in [0.5, 0.6) is 0 Å². The van der Waals surface area contributed by atoms with E-state index in [9.17, 15) is 24.6 Å². The third-order valence-electron chi connectivity index (χ3n) is 6.28. The molecule has 0 fully saturated rings. The molecule has 9 nitrogen and oxygen atoms in total. The molecular formula is C26H57NO8P+. The minimum atomic E-state index is -5.16. The molecule has 0 aromatic heterocycles. The van der Waals surface area contributed by atoms with Crippen LogP contribution in [0.1, 0.15) is 104 Å². The first-order valence-electron chi connectivity index (χ1n) is 14.0. The number of aliphatic hydroxyl groups excluding tert-OH is 1. The van der Waals surface area contributed by atoms with E-state index in [1.54, 1.807) is 6.92 Å². The minimum absolute atomic E-state index is 0.133. The maximum absolute atomic E-state index is 11.7. The lowest BCUT2D eigenvalue weighted by Crippen LogP contribution is -2.44. The molecule has 0 bridgehead atoms. The van der Waals surface area contributed by atoms with Crippen LogP contribution in [0.25, 0.3) is 0 Å². The quantitative estimate of drug-likeness (QED) is 0.0563. The standard InChI is InChI=1S/C26H56NO8P/c1-6-7-8-9-10-11-12-13-14-15-16-17-18-19-21-33-24(2)25(28)23-35-26(29,36(30,31)32)34-22-20-27(3,4)5/h24-25,28-29H,6-23H2,1-5H3,(H-,30,31,32)/p+1. The fraction of sp³-hybridized carbons (Fsp3) is 1.00. The number of unbranched alkanes of at least 4 members (excludes halogenated alkanes) is 13. The van der Waals surface area contributed by atoms with Crippen LogP contribution < -0.4 is 0 Å². The van der Waals surface area contributed by atoms with E-state index in [-0.39, 0.29) is 6.61 Å². The Bertz CT molecular complexity index is 569. The van der Waals surface area contributed by atoms with E-state index in [1.165, 1.54) is 77.0 Å². The molecule has 3 unspecified atom stereocenters. The van der Waals surface area contributed by atoms with Crippen LogP contribution in [-0.4, -0.2) is 89.9 Å². The van der Waals surface area contributed by atoms with Crippen molar-refractivity contribution in [1.29, 1.82) is 0 Å². The largest absolute Gasteiger partial charge is 0.414 e. The van der Waals surface area contributed by atoms with Gasteiger partial charge >= 0.3 is 13.3 Å². The second-order valence-electron chi connectivity index (χ2n) is 11.0. The molecule has 10 heteroatoms. The Hall–Kier alpha value is -0.0900. The van der Waals surface area contributed by atoms with Gasteiger partial charge in [-0.1, -0.05) is 90.4 Å². The van der Waals surface area contributed by atoms with Crippen LogP contribution in [-0.2, 0) is 18.8 Å². The van der Waals surface area contributed by atoms with Crippen molar-refractivity contribution in [1.82, 2.24) is 0 Å². The summed E-state index contributed by atoms with van der Waals surface area (Å²) in [7, 11) is 0.472. The van der Waals surface area contributed by atoms with Crippen LogP contribution >= 0.6 is 7.60 Å². The molecule has 0 radical (unpaired) electrons. The first-order chi connectivity index (χ1) is 16.8. The van der Waals surface area contributed by atoms with Crippen LogP contribution in [0.3, 0.4) is 0 Å². The number of likely N-dealkylation sites (N-methyl/N-ethyl adjacent to an activating group) is 1. The van der Waals surface area contributed by atoms with Crippen molar-refractivity contribution in [2.45, 2.75) is 122 Å². The van der Waals surface area contributed by atoms with Crippen molar-refractivity contribution < 1.29 is 43.3 Å². The lowest BCUT2D eigenvalue weighted by atomic mass is 10.0. The maximum Gasteiger partial charge on any atom is 0.414 e. The summed E-state index contributed by atoms with van der Waals surface area (Å²) in [5.41, 5.74) is -3.10. The van der Waals surface area contributed by atoms with E-state index >= 15 is 0 Å². The maximum atomic E-state index is 11.7. The molecule has 4 N–H and O–H groups in total. The summed E-state index contributed by atoms with van der Waals surface area (Å²) in [6.07, 6.45) is 16.1. The van der Waals surface area contributed by atoms with Crippen LogP contribution in [0.15, 0.2) is 0 Å². The predicted molar refractivity (Wildman–Crippen MR) is 144 cm³/mol. The second kappa shape index (κ2) is 19.9. The molecule has 0 saturated carbocycles. The summed E-state index contributed by atoms with van der Waals surface area (Å²) >= 11 is 0. The number of hydrogen-bond acceptors (Lipinski definition) is 6. The zero-order valence-corrected chi connectivity index (χ0v) is 24.6. The summed E-state index contributed by atoms with van der Waals surface area (Å²) in [4.78, 5) is 18.9. The Kier molecular flexibility index (Phi) is 19.9. The molecule has 0 aromatic carbocycles. The van der Waals surface area contributed by atoms with E-state index in [2.05, 4.69) is 6.92 Å². The summed E-state index contributed by atoms with van der Waals surface area (Å²) in [6, 6.07) is 0. The first-order valence-corrected chi connectivity index (χ1v) is 15.6. The average molecular weight is 543 g/mol. The van der Waals surface area contributed by atoms with Crippen molar-refractivity contribution in [2.75, 3.05) is 47.5 Å². The van der Waals surface area contributed by atoms with Crippen molar-refractivity contribution in [3.05, 3.63) is 0 Å². The number of nitrogens with zero attached hydrogens (tertiary/aromatic N) is 1. The van der Waals surface area contributed by atoms with E-state index in [1.807, 2.05) is 21.1 Å². The van der Waals surface area contributed by atoms with Crippen molar-refractivity contribution >= 4 is 7.60 Å². The molecule has 0 aliphatic heterocycles. The fourth-order valence-electron chi connectivity index (χ4n) is 3.67. The Morgan fingerprint density at radius 2 is 1.22 bits per heavy atom. The molecule has 36 heavy (non-hydrogen) atoms. The van der Waals surface area contributed by atoms with Crippen LogP contribution in [0.4, 0.5) is 0 Å². The lowest BCUT2D eigenvalue weighted by Gasteiger charge is -2.31. The second-order valence-corrected chi connectivity index (χ2v) is 12.7. The van der Waals surface area contributed by atoms with Gasteiger partial charge in [0, 0.05) is 6.61 Å². The van der Waals surface area contributed by atoms with E-state index in [0.29, 0.717) is 17.6 Å². The summed E-state index contributed by atoms with van der Waals surface area (Å²) in [5.74, 6) is 0. The summed E-state index contributed by atoms with van der Waals surface area (Å²) in [5, 5.41) is 20.5. The molecule has 0 aliphatic carbocycles. The molecule has 0 aromatic rings. The molecule has 0 heterocycles. The monoisotopic (exact) mass is 542 g/mol. The molecule has 218 valence electrons. The van der Waals surface area contributed by atoms with Crippen molar-refractivity contribution in [3.8, 4) is 0 Å². The summed E-state index contributed by atoms with van der Waals surface area (Å²) in [6.45, 7) is 4.12. The molecule has 0 rings (SSSR count). The number of aliphatic hydroxyl groups is 2. The molecule has 0 aliphatic rings. The average Bonchev–Trinajstić information content (AvgIpc) is 2.78. The number of ether oxygens (including phenoxy) is 3. The zero-order chi connectivity index (χ0) is 27.5. The molecule has 0 amide bonds. The van der Waals surface area contributed by atoms with Gasteiger partial charge in [0.05, 0.1) is 33.9 Å². The molecule has 3 atom stereocenters. The third kappa shape index (κ3) is 19.0. The van der Waals surface area contributed by atoms with Gasteiger partial charge in [-0.2, -0.15) is 0 Å². The Morgan fingerprint density at radius 1 is 0.778 bits per heavy atom. The van der Waals surface area contributed by atoms with Gasteiger partial charge in [0.25, 0.3) is 0 Å². The van der Waals surface area contributed by atoms with Crippen LogP contribution in [0.2, 0.25) is 0 Å². The fourth-order valence-corrected chi connectivity index (χ4v) is 4.17. The smallest absolute Gasteiger partial charge is 0.388 e. The zero-order valence-electron chi connectivity index (χ0n) is 23.7. The highest BCUT2D eigenvalue weighted by atomic mass is 31.2. The highest BCUT2D eigenvalue weighted by Gasteiger charge is 2.50. The van der Waals surface area contributed by atoms with Gasteiger partial charge in [-0.05, 0) is 13.3 Å². The highest BCUT2D eigenvalue weighted by molar-refractivity contribution is 7.52. The molecular weight excluding hydrogens is 485 g/mol. The van der Waals surface area contributed by atoms with Gasteiger partial charge < -0.3 is 38.7 Å². The van der Waals surface area contributed by atoms with E-state index in [4.69, 9.17) is 14.2 Å². The van der Waals surface area contributed by atoms with E-state index < -0.39 is 32.1 Å². The number of rotatable bonds is 25. The lowest BCUT2D eigenvalue weighted by molar-refractivity contribution is -0.871. The Morgan fingerprint density at radius 3 is 1.64 bits per heavy atom. The van der Waals surface area contributed by atoms with E-state index in [0.717, 1.165) is 12.8 Å². The SMILES string of the molecule is CCCCCCCCCCCCCCCCOC(C)C(O)COC(O)(OCC[N+](C)(C)C)P(=O)(O)O. The third-order valence-corrected chi connectivity index (χ3v) is 7.28. The minimum Gasteiger partial charge on any atom is -0.388 e. The van der Waals surface area contributed by atoms with Gasteiger partial charge in [0.1, 0.15) is 19.3 Å². The number of hydrogen-bond donors (Lipinski definition) is 4. The summed E-state index contributed by atoms with van der Waals surface area (Å²) < 4.78 is 27.8. The van der Waals surface area contributed by atoms with Crippen molar-refractivity contribution in [2.24, 2.45) is 0 Å².